The molecule has 3 unspecified atom stereocenters. The standard InChI is InChI=1S/C20H28O3/c1-12(2)6-5-7-15(11-21)16-9-8-13(3)18-17(22)10-14(4)20(23)19(16)18/h6,10-11,13,15-16,22-23H,5,7-9H2,1-4H3. The Kier molecular flexibility index (Phi) is 5.51. The fourth-order valence-corrected chi connectivity index (χ4v) is 3.80. The second-order valence-corrected chi connectivity index (χ2v) is 7.13. The molecule has 2 rings (SSSR count). The van der Waals surface area contributed by atoms with Crippen LogP contribution >= 0.6 is 0 Å². The third kappa shape index (κ3) is 3.60. The number of aryl methyl sites for hydroxylation is 1. The molecule has 0 saturated carbocycles. The van der Waals surface area contributed by atoms with Gasteiger partial charge in [-0.2, -0.15) is 0 Å². The maximum absolute atomic E-state index is 11.7. The van der Waals surface area contributed by atoms with E-state index in [1.54, 1.807) is 13.0 Å². The van der Waals surface area contributed by atoms with Gasteiger partial charge in [-0.1, -0.05) is 18.6 Å². The molecule has 0 aliphatic heterocycles. The minimum Gasteiger partial charge on any atom is -0.508 e. The van der Waals surface area contributed by atoms with Crippen molar-refractivity contribution in [1.29, 1.82) is 0 Å². The van der Waals surface area contributed by atoms with Gasteiger partial charge >= 0.3 is 0 Å². The number of hydrogen-bond acceptors (Lipinski definition) is 3. The number of rotatable bonds is 5. The summed E-state index contributed by atoms with van der Waals surface area (Å²) < 4.78 is 0. The summed E-state index contributed by atoms with van der Waals surface area (Å²) in [6.07, 6.45) is 6.63. The quantitative estimate of drug-likeness (QED) is 0.459. The summed E-state index contributed by atoms with van der Waals surface area (Å²) in [4.78, 5) is 11.7. The lowest BCUT2D eigenvalue weighted by molar-refractivity contribution is -0.112. The van der Waals surface area contributed by atoms with Crippen molar-refractivity contribution in [1.82, 2.24) is 0 Å². The second-order valence-electron chi connectivity index (χ2n) is 7.13. The van der Waals surface area contributed by atoms with Crippen molar-refractivity contribution in [2.45, 2.75) is 65.2 Å². The summed E-state index contributed by atoms with van der Waals surface area (Å²) in [6.45, 7) is 7.98. The van der Waals surface area contributed by atoms with E-state index in [2.05, 4.69) is 26.8 Å². The van der Waals surface area contributed by atoms with Crippen LogP contribution in [0.25, 0.3) is 0 Å². The van der Waals surface area contributed by atoms with E-state index >= 15 is 0 Å². The summed E-state index contributed by atoms with van der Waals surface area (Å²) in [5.74, 6) is 0.585. The Balaban J connectivity index is 2.40. The van der Waals surface area contributed by atoms with Crippen molar-refractivity contribution in [3.8, 4) is 11.5 Å². The van der Waals surface area contributed by atoms with Crippen LogP contribution in [0.15, 0.2) is 17.7 Å². The van der Waals surface area contributed by atoms with Gasteiger partial charge in [-0.15, -0.1) is 0 Å². The number of fused-ring (bicyclic) bond motifs is 1. The zero-order chi connectivity index (χ0) is 17.1. The van der Waals surface area contributed by atoms with Crippen molar-refractivity contribution in [3.05, 3.63) is 34.4 Å². The maximum atomic E-state index is 11.7. The average Bonchev–Trinajstić information content (AvgIpc) is 2.49. The molecule has 1 aliphatic rings. The van der Waals surface area contributed by atoms with E-state index in [0.717, 1.165) is 43.1 Å². The fraction of sp³-hybridized carbons (Fsp3) is 0.550. The monoisotopic (exact) mass is 316 g/mol. The highest BCUT2D eigenvalue weighted by Crippen LogP contribution is 2.50. The molecule has 0 amide bonds. The van der Waals surface area contributed by atoms with Crippen LogP contribution in [0.5, 0.6) is 11.5 Å². The Morgan fingerprint density at radius 2 is 2.00 bits per heavy atom. The van der Waals surface area contributed by atoms with Gasteiger partial charge < -0.3 is 15.0 Å². The largest absolute Gasteiger partial charge is 0.508 e. The number of aromatic hydroxyl groups is 2. The zero-order valence-corrected chi connectivity index (χ0v) is 14.6. The molecule has 1 aliphatic carbocycles. The molecule has 0 heterocycles. The van der Waals surface area contributed by atoms with Gasteiger partial charge in [0.05, 0.1) is 0 Å². The summed E-state index contributed by atoms with van der Waals surface area (Å²) >= 11 is 0. The van der Waals surface area contributed by atoms with Gasteiger partial charge in [0.15, 0.2) is 0 Å². The molecule has 3 heteroatoms. The predicted molar refractivity (Wildman–Crippen MR) is 93.1 cm³/mol. The molecule has 0 radical (unpaired) electrons. The Labute approximate surface area is 139 Å². The van der Waals surface area contributed by atoms with E-state index in [4.69, 9.17) is 0 Å². The van der Waals surface area contributed by atoms with Gasteiger partial charge in [-0.3, -0.25) is 0 Å². The molecule has 126 valence electrons. The Morgan fingerprint density at radius 3 is 2.61 bits per heavy atom. The Morgan fingerprint density at radius 1 is 1.30 bits per heavy atom. The van der Waals surface area contributed by atoms with E-state index in [1.165, 1.54) is 5.57 Å². The number of carbonyl (C=O) groups is 1. The average molecular weight is 316 g/mol. The summed E-state index contributed by atoms with van der Waals surface area (Å²) in [6, 6.07) is 1.63. The smallest absolute Gasteiger partial charge is 0.123 e. The van der Waals surface area contributed by atoms with E-state index in [-0.39, 0.29) is 29.3 Å². The van der Waals surface area contributed by atoms with Crippen LogP contribution in [0, 0.1) is 12.8 Å². The number of aldehydes is 1. The lowest BCUT2D eigenvalue weighted by Crippen LogP contribution is -2.22. The number of hydrogen-bond donors (Lipinski definition) is 2. The van der Waals surface area contributed by atoms with Gasteiger partial charge in [0.2, 0.25) is 0 Å². The molecule has 0 saturated heterocycles. The van der Waals surface area contributed by atoms with Crippen LogP contribution in [0.1, 0.15) is 75.0 Å². The number of phenols is 2. The topological polar surface area (TPSA) is 57.5 Å². The molecule has 0 bridgehead atoms. The van der Waals surface area contributed by atoms with Crippen LogP contribution in [0.2, 0.25) is 0 Å². The van der Waals surface area contributed by atoms with Crippen LogP contribution in [-0.4, -0.2) is 16.5 Å². The van der Waals surface area contributed by atoms with Gasteiger partial charge in [-0.25, -0.2) is 0 Å². The molecule has 0 fully saturated rings. The van der Waals surface area contributed by atoms with Gasteiger partial charge in [0.25, 0.3) is 0 Å². The molecule has 1 aromatic carbocycles. The number of phenolic OH excluding ortho intramolecular Hbond substituents is 2. The molecule has 23 heavy (non-hydrogen) atoms. The first-order chi connectivity index (χ1) is 10.9. The lowest BCUT2D eigenvalue weighted by atomic mass is 9.70. The van der Waals surface area contributed by atoms with E-state index in [1.807, 2.05) is 0 Å². The summed E-state index contributed by atoms with van der Waals surface area (Å²) in [5, 5.41) is 20.9. The van der Waals surface area contributed by atoms with Crippen LogP contribution < -0.4 is 0 Å². The van der Waals surface area contributed by atoms with Crippen molar-refractivity contribution >= 4 is 6.29 Å². The molecule has 0 spiro atoms. The number of allylic oxidation sites excluding steroid dienone is 2. The van der Waals surface area contributed by atoms with Gasteiger partial charge in [0.1, 0.15) is 17.8 Å². The normalized spacial score (nSPS) is 21.4. The third-order valence-electron chi connectivity index (χ3n) is 5.07. The first kappa shape index (κ1) is 17.6. The zero-order valence-electron chi connectivity index (χ0n) is 14.6. The van der Waals surface area contributed by atoms with Gasteiger partial charge in [0, 0.05) is 17.0 Å². The Bertz CT molecular complexity index is 612. The summed E-state index contributed by atoms with van der Waals surface area (Å²) in [5.41, 5.74) is 3.56. The fourth-order valence-electron chi connectivity index (χ4n) is 3.80. The molecule has 1 aromatic rings. The first-order valence-electron chi connectivity index (χ1n) is 8.50. The minimum atomic E-state index is -0.121. The molecular formula is C20H28O3. The highest BCUT2D eigenvalue weighted by Gasteiger charge is 2.35. The molecule has 0 aromatic heterocycles. The third-order valence-corrected chi connectivity index (χ3v) is 5.07. The lowest BCUT2D eigenvalue weighted by Gasteiger charge is -2.34. The molecule has 3 nitrogen and oxygen atoms in total. The molecular weight excluding hydrogens is 288 g/mol. The molecule has 3 atom stereocenters. The Hall–Kier alpha value is -1.77. The van der Waals surface area contributed by atoms with Crippen molar-refractivity contribution in [2.75, 3.05) is 0 Å². The van der Waals surface area contributed by atoms with Crippen LogP contribution in [-0.2, 0) is 4.79 Å². The van der Waals surface area contributed by atoms with Crippen LogP contribution in [0.4, 0.5) is 0 Å². The first-order valence-corrected chi connectivity index (χ1v) is 8.50. The minimum absolute atomic E-state index is 0.00457. The second kappa shape index (κ2) is 7.20. The van der Waals surface area contributed by atoms with E-state index in [9.17, 15) is 15.0 Å². The van der Waals surface area contributed by atoms with Gasteiger partial charge in [-0.05, 0) is 69.9 Å². The number of carbonyl (C=O) groups excluding carboxylic acids is 1. The van der Waals surface area contributed by atoms with Crippen molar-refractivity contribution in [3.63, 3.8) is 0 Å². The van der Waals surface area contributed by atoms with E-state index < -0.39 is 0 Å². The van der Waals surface area contributed by atoms with Crippen molar-refractivity contribution < 1.29 is 15.0 Å². The SMILES string of the molecule is CC(C)=CCCC(C=O)C1CCC(C)c2c(O)cc(C)c(O)c21. The summed E-state index contributed by atoms with van der Waals surface area (Å²) in [7, 11) is 0. The highest BCUT2D eigenvalue weighted by atomic mass is 16.3. The maximum Gasteiger partial charge on any atom is 0.123 e. The highest BCUT2D eigenvalue weighted by molar-refractivity contribution is 5.62. The molecule has 2 N–H and O–H groups in total. The predicted octanol–water partition coefficient (Wildman–Crippen LogP) is 4.95. The van der Waals surface area contributed by atoms with Crippen LogP contribution in [0.3, 0.4) is 0 Å². The van der Waals surface area contributed by atoms with Crippen molar-refractivity contribution in [2.24, 2.45) is 5.92 Å². The number of benzene rings is 1. The van der Waals surface area contributed by atoms with E-state index in [0.29, 0.717) is 5.56 Å².